The lowest BCUT2D eigenvalue weighted by Gasteiger charge is -2.41. The molecular weight excluding hydrogens is 380 g/mol. The number of morpholine rings is 1. The number of benzene rings is 1. The molecule has 0 spiro atoms. The van der Waals surface area contributed by atoms with E-state index in [4.69, 9.17) is 4.74 Å². The number of amides is 1. The van der Waals surface area contributed by atoms with Gasteiger partial charge in [0.2, 0.25) is 5.91 Å². The lowest BCUT2D eigenvalue weighted by atomic mass is 10.2. The van der Waals surface area contributed by atoms with E-state index in [9.17, 15) is 13.2 Å². The van der Waals surface area contributed by atoms with Gasteiger partial charge in [-0.05, 0) is 32.9 Å². The number of carbonyl (C=O) groups is 1. The van der Waals surface area contributed by atoms with E-state index in [2.05, 4.69) is 5.32 Å². The summed E-state index contributed by atoms with van der Waals surface area (Å²) in [5.41, 5.74) is 0.760. The van der Waals surface area contributed by atoms with Gasteiger partial charge in [-0.25, -0.2) is 0 Å². The van der Waals surface area contributed by atoms with Crippen LogP contribution in [0.1, 0.15) is 20.8 Å². The molecule has 3 rings (SSSR count). The van der Waals surface area contributed by atoms with E-state index in [1.54, 1.807) is 0 Å². The summed E-state index contributed by atoms with van der Waals surface area (Å²) in [5, 5.41) is 2.91. The number of nitrogens with one attached hydrogen (secondary N) is 1. The van der Waals surface area contributed by atoms with Gasteiger partial charge in [0.25, 0.3) is 10.2 Å². The number of hydrogen-bond donors (Lipinski definition) is 1. The predicted molar refractivity (Wildman–Crippen MR) is 108 cm³/mol. The van der Waals surface area contributed by atoms with E-state index in [1.165, 1.54) is 8.61 Å². The molecule has 0 bridgehead atoms. The average molecular weight is 411 g/mol. The lowest BCUT2D eigenvalue weighted by Crippen LogP contribution is -2.58. The molecule has 2 saturated heterocycles. The van der Waals surface area contributed by atoms with Gasteiger partial charge in [-0.15, -0.1) is 0 Å². The molecule has 2 fully saturated rings. The van der Waals surface area contributed by atoms with E-state index in [-0.39, 0.29) is 24.2 Å². The van der Waals surface area contributed by atoms with Gasteiger partial charge in [-0.1, -0.05) is 18.2 Å². The molecule has 1 N–H and O–H groups in total. The van der Waals surface area contributed by atoms with Gasteiger partial charge in [0, 0.05) is 45.0 Å². The highest BCUT2D eigenvalue weighted by molar-refractivity contribution is 7.86. The Kier molecular flexibility index (Phi) is 6.72. The Morgan fingerprint density at radius 3 is 2.18 bits per heavy atom. The Hall–Kier alpha value is -1.52. The van der Waals surface area contributed by atoms with Gasteiger partial charge < -0.3 is 10.1 Å². The Labute approximate surface area is 167 Å². The summed E-state index contributed by atoms with van der Waals surface area (Å²) >= 11 is 0. The van der Waals surface area contributed by atoms with Crippen molar-refractivity contribution in [3.05, 3.63) is 30.3 Å². The first-order valence-electron chi connectivity index (χ1n) is 9.78. The van der Waals surface area contributed by atoms with Crippen LogP contribution in [0, 0.1) is 0 Å². The summed E-state index contributed by atoms with van der Waals surface area (Å²) in [6, 6.07) is 9.01. The summed E-state index contributed by atoms with van der Waals surface area (Å²) in [5.74, 6) is -0.0849. The number of piperazine rings is 1. The second kappa shape index (κ2) is 8.87. The minimum absolute atomic E-state index is 0.0849. The molecule has 0 unspecified atom stereocenters. The number of nitrogens with zero attached hydrogens (tertiary/aromatic N) is 3. The van der Waals surface area contributed by atoms with Gasteiger partial charge >= 0.3 is 0 Å². The molecule has 156 valence electrons. The molecule has 2 heterocycles. The second-order valence-corrected chi connectivity index (χ2v) is 9.48. The van der Waals surface area contributed by atoms with Crippen LogP contribution in [0.2, 0.25) is 0 Å². The second-order valence-electron chi connectivity index (χ2n) is 7.55. The third-order valence-corrected chi connectivity index (χ3v) is 7.25. The van der Waals surface area contributed by atoms with E-state index >= 15 is 0 Å². The summed E-state index contributed by atoms with van der Waals surface area (Å²) in [7, 11) is -3.51. The predicted octanol–water partition coefficient (Wildman–Crippen LogP) is 0.985. The minimum atomic E-state index is -3.51. The van der Waals surface area contributed by atoms with Crippen molar-refractivity contribution in [1.82, 2.24) is 13.5 Å². The van der Waals surface area contributed by atoms with Gasteiger partial charge in [-0.2, -0.15) is 17.0 Å². The molecule has 0 aromatic heterocycles. The number of hydrogen-bond acceptors (Lipinski definition) is 5. The fourth-order valence-electron chi connectivity index (χ4n) is 3.74. The van der Waals surface area contributed by atoms with Crippen molar-refractivity contribution in [2.24, 2.45) is 0 Å². The zero-order valence-electron chi connectivity index (χ0n) is 16.7. The van der Waals surface area contributed by atoms with Crippen LogP contribution in [0.15, 0.2) is 30.3 Å². The Balaban J connectivity index is 1.55. The molecule has 2 aliphatic heterocycles. The summed E-state index contributed by atoms with van der Waals surface area (Å²) in [4.78, 5) is 14.5. The SMILES string of the molecule is C[C@@H]1CN(S(=O)(=O)N2CCN([C@@H](C)C(=O)Nc3ccccc3)CC2)C[C@H](C)O1. The van der Waals surface area contributed by atoms with Crippen LogP contribution in [0.25, 0.3) is 0 Å². The minimum Gasteiger partial charge on any atom is -0.373 e. The van der Waals surface area contributed by atoms with Crippen LogP contribution in [0.5, 0.6) is 0 Å². The molecule has 1 amide bonds. The van der Waals surface area contributed by atoms with Crippen molar-refractivity contribution in [2.75, 3.05) is 44.6 Å². The molecule has 0 saturated carbocycles. The number of rotatable bonds is 5. The largest absolute Gasteiger partial charge is 0.373 e. The van der Waals surface area contributed by atoms with Crippen LogP contribution in [-0.4, -0.2) is 85.4 Å². The molecular formula is C19H30N4O4S. The number of carbonyl (C=O) groups excluding carboxylic acids is 1. The van der Waals surface area contributed by atoms with Gasteiger partial charge in [-0.3, -0.25) is 9.69 Å². The molecule has 9 heteroatoms. The van der Waals surface area contributed by atoms with Crippen LogP contribution < -0.4 is 5.32 Å². The first kappa shape index (κ1) is 21.2. The van der Waals surface area contributed by atoms with Crippen LogP contribution in [0.4, 0.5) is 5.69 Å². The van der Waals surface area contributed by atoms with Gasteiger partial charge in [0.1, 0.15) is 0 Å². The Morgan fingerprint density at radius 1 is 1.04 bits per heavy atom. The van der Waals surface area contributed by atoms with E-state index in [0.29, 0.717) is 39.3 Å². The standard InChI is InChI=1S/C19H30N4O4S/c1-15-13-23(14-16(2)27-15)28(25,26)22-11-9-21(10-12-22)17(3)19(24)20-18-7-5-4-6-8-18/h4-8,15-17H,9-14H2,1-3H3,(H,20,24)/t15-,16+,17-/m0/s1. The lowest BCUT2D eigenvalue weighted by molar-refractivity contribution is -0.121. The van der Waals surface area contributed by atoms with Crippen LogP contribution >= 0.6 is 0 Å². The van der Waals surface area contributed by atoms with Gasteiger partial charge in [0.05, 0.1) is 18.2 Å². The fraction of sp³-hybridized carbons (Fsp3) is 0.632. The molecule has 0 radical (unpaired) electrons. The molecule has 8 nitrogen and oxygen atoms in total. The van der Waals surface area contributed by atoms with Crippen molar-refractivity contribution < 1.29 is 17.9 Å². The third-order valence-electron chi connectivity index (χ3n) is 5.28. The van der Waals surface area contributed by atoms with Crippen molar-refractivity contribution in [1.29, 1.82) is 0 Å². The van der Waals surface area contributed by atoms with E-state index < -0.39 is 10.2 Å². The summed E-state index contributed by atoms with van der Waals surface area (Å²) in [6.45, 7) is 8.21. The van der Waals surface area contributed by atoms with E-state index in [0.717, 1.165) is 5.69 Å². The van der Waals surface area contributed by atoms with Crippen molar-refractivity contribution in [2.45, 2.75) is 39.0 Å². The fourth-order valence-corrected chi connectivity index (χ4v) is 5.49. The molecule has 0 aliphatic carbocycles. The average Bonchev–Trinajstić information content (AvgIpc) is 2.67. The molecule has 1 aromatic rings. The highest BCUT2D eigenvalue weighted by atomic mass is 32.2. The first-order valence-corrected chi connectivity index (χ1v) is 11.2. The first-order chi connectivity index (χ1) is 13.3. The zero-order valence-corrected chi connectivity index (χ0v) is 17.6. The van der Waals surface area contributed by atoms with Crippen molar-refractivity contribution in [3.63, 3.8) is 0 Å². The zero-order chi connectivity index (χ0) is 20.3. The summed E-state index contributed by atoms with van der Waals surface area (Å²) < 4.78 is 34.7. The van der Waals surface area contributed by atoms with Crippen LogP contribution in [0.3, 0.4) is 0 Å². The molecule has 2 aliphatic rings. The number of anilines is 1. The topological polar surface area (TPSA) is 82.2 Å². The van der Waals surface area contributed by atoms with Gasteiger partial charge in [0.15, 0.2) is 0 Å². The summed E-state index contributed by atoms with van der Waals surface area (Å²) in [6.07, 6.45) is -0.219. The Bertz CT molecular complexity index is 755. The van der Waals surface area contributed by atoms with E-state index in [1.807, 2.05) is 56.0 Å². The quantitative estimate of drug-likeness (QED) is 0.783. The van der Waals surface area contributed by atoms with Crippen molar-refractivity contribution in [3.8, 4) is 0 Å². The monoisotopic (exact) mass is 410 g/mol. The highest BCUT2D eigenvalue weighted by Gasteiger charge is 2.37. The highest BCUT2D eigenvalue weighted by Crippen LogP contribution is 2.19. The maximum absolute atomic E-state index is 13.0. The molecule has 1 aromatic carbocycles. The number of ether oxygens (including phenoxy) is 1. The normalized spacial score (nSPS) is 26.7. The van der Waals surface area contributed by atoms with Crippen LogP contribution in [-0.2, 0) is 19.7 Å². The molecule has 28 heavy (non-hydrogen) atoms. The van der Waals surface area contributed by atoms with Crippen molar-refractivity contribution >= 4 is 21.8 Å². The Morgan fingerprint density at radius 2 is 1.61 bits per heavy atom. The maximum atomic E-state index is 13.0. The third kappa shape index (κ3) is 4.90. The molecule has 3 atom stereocenters. The maximum Gasteiger partial charge on any atom is 0.282 e. The number of para-hydroxylation sites is 1. The smallest absolute Gasteiger partial charge is 0.282 e.